The number of benzene rings is 1. The molecule has 2 N–H and O–H groups in total. The molecule has 0 fully saturated rings. The van der Waals surface area contributed by atoms with Gasteiger partial charge >= 0.3 is 5.97 Å². The molecule has 0 aliphatic rings. The van der Waals surface area contributed by atoms with Crippen molar-refractivity contribution in [2.45, 2.75) is 13.0 Å². The number of hydrazone groups is 1. The van der Waals surface area contributed by atoms with E-state index < -0.39 is 12.1 Å². The molecule has 25 heavy (non-hydrogen) atoms. The zero-order valence-corrected chi connectivity index (χ0v) is 13.7. The normalized spacial score (nSPS) is 11.8. The fourth-order valence-electron chi connectivity index (χ4n) is 1.83. The van der Waals surface area contributed by atoms with E-state index in [1.807, 2.05) is 0 Å². The van der Waals surface area contributed by atoms with Gasteiger partial charge in [-0.1, -0.05) is 0 Å². The molecule has 130 valence electrons. The topological polar surface area (TPSA) is 110 Å². The van der Waals surface area contributed by atoms with Gasteiger partial charge in [0.25, 0.3) is 5.91 Å². The number of nitrogens with one attached hydrogen (secondary N) is 1. The molecule has 8 heteroatoms. The molecule has 1 aromatic carbocycles. The van der Waals surface area contributed by atoms with E-state index in [1.165, 1.54) is 26.4 Å². The summed E-state index contributed by atoms with van der Waals surface area (Å²) in [5, 5.41) is 12.8. The molecule has 1 aromatic heterocycles. The number of pyridine rings is 1. The number of nitrogens with zero attached hydrogens (tertiary/aromatic N) is 2. The summed E-state index contributed by atoms with van der Waals surface area (Å²) in [4.78, 5) is 26.5. The lowest BCUT2D eigenvalue weighted by atomic mass is 10.2. The molecule has 0 aliphatic carbocycles. The summed E-state index contributed by atoms with van der Waals surface area (Å²) >= 11 is 0. The van der Waals surface area contributed by atoms with E-state index in [2.05, 4.69) is 15.5 Å². The average molecular weight is 343 g/mol. The van der Waals surface area contributed by atoms with E-state index >= 15 is 0 Å². The van der Waals surface area contributed by atoms with Gasteiger partial charge in [-0.15, -0.1) is 0 Å². The molecule has 0 unspecified atom stereocenters. The molecule has 0 radical (unpaired) electrons. The Balaban J connectivity index is 2.05. The van der Waals surface area contributed by atoms with Crippen LogP contribution >= 0.6 is 0 Å². The second-order valence-electron chi connectivity index (χ2n) is 4.95. The minimum absolute atomic E-state index is 0.300. The summed E-state index contributed by atoms with van der Waals surface area (Å²) in [6.07, 6.45) is 3.43. The Morgan fingerprint density at radius 3 is 2.76 bits per heavy atom. The Kier molecular flexibility index (Phi) is 6.05. The van der Waals surface area contributed by atoms with Gasteiger partial charge in [0, 0.05) is 12.4 Å². The minimum atomic E-state index is -1.08. The lowest BCUT2D eigenvalue weighted by Crippen LogP contribution is -2.23. The minimum Gasteiger partial charge on any atom is -0.493 e. The third-order valence-electron chi connectivity index (χ3n) is 3.14. The van der Waals surface area contributed by atoms with Crippen molar-refractivity contribution in [3.05, 3.63) is 53.9 Å². The maximum atomic E-state index is 11.8. The SMILES string of the molecule is COc1cc(/C=N\NC(=O)c2cccnc2)ccc1O[C@H](C)C(=O)O. The number of hydrogen-bond acceptors (Lipinski definition) is 6. The summed E-state index contributed by atoms with van der Waals surface area (Å²) in [6, 6.07) is 8.12. The summed E-state index contributed by atoms with van der Waals surface area (Å²) in [7, 11) is 1.44. The van der Waals surface area contributed by atoms with Crippen LogP contribution in [0.3, 0.4) is 0 Å². The number of carbonyl (C=O) groups excluding carboxylic acids is 1. The van der Waals surface area contributed by atoms with Crippen LogP contribution in [-0.2, 0) is 4.79 Å². The number of carbonyl (C=O) groups is 2. The summed E-state index contributed by atoms with van der Waals surface area (Å²) < 4.78 is 10.5. The summed E-state index contributed by atoms with van der Waals surface area (Å²) in [6.45, 7) is 1.42. The Morgan fingerprint density at radius 1 is 1.32 bits per heavy atom. The molecular weight excluding hydrogens is 326 g/mol. The van der Waals surface area contributed by atoms with Crippen LogP contribution in [0.2, 0.25) is 0 Å². The van der Waals surface area contributed by atoms with Gasteiger partial charge in [0.15, 0.2) is 17.6 Å². The number of ether oxygens (including phenoxy) is 2. The van der Waals surface area contributed by atoms with Crippen molar-refractivity contribution in [1.82, 2.24) is 10.4 Å². The first-order valence-corrected chi connectivity index (χ1v) is 7.32. The van der Waals surface area contributed by atoms with Crippen LogP contribution in [0.1, 0.15) is 22.8 Å². The highest BCUT2D eigenvalue weighted by atomic mass is 16.5. The number of methoxy groups -OCH3 is 1. The molecule has 8 nitrogen and oxygen atoms in total. The zero-order chi connectivity index (χ0) is 18.2. The van der Waals surface area contributed by atoms with Crippen LogP contribution in [0.25, 0.3) is 0 Å². The van der Waals surface area contributed by atoms with Crippen LogP contribution in [0.5, 0.6) is 11.5 Å². The van der Waals surface area contributed by atoms with Crippen molar-refractivity contribution in [3.63, 3.8) is 0 Å². The van der Waals surface area contributed by atoms with Crippen LogP contribution < -0.4 is 14.9 Å². The zero-order valence-electron chi connectivity index (χ0n) is 13.7. The first-order chi connectivity index (χ1) is 12.0. The maximum absolute atomic E-state index is 11.8. The number of carboxylic acid groups (broad SMARTS) is 1. The molecule has 0 saturated carbocycles. The van der Waals surface area contributed by atoms with Crippen LogP contribution in [0.4, 0.5) is 0 Å². The van der Waals surface area contributed by atoms with Gasteiger partial charge in [0.1, 0.15) is 0 Å². The first kappa shape index (κ1) is 17.9. The van der Waals surface area contributed by atoms with E-state index in [4.69, 9.17) is 14.6 Å². The number of aliphatic carboxylic acids is 1. The Labute approximate surface area is 144 Å². The van der Waals surface area contributed by atoms with E-state index in [9.17, 15) is 9.59 Å². The Hall–Kier alpha value is -3.42. The van der Waals surface area contributed by atoms with Gasteiger partial charge in [-0.3, -0.25) is 9.78 Å². The average Bonchev–Trinajstić information content (AvgIpc) is 2.63. The lowest BCUT2D eigenvalue weighted by Gasteiger charge is -2.13. The Bertz CT molecular complexity index is 777. The van der Waals surface area contributed by atoms with E-state index in [0.717, 1.165) is 0 Å². The maximum Gasteiger partial charge on any atom is 0.344 e. The Morgan fingerprint density at radius 2 is 2.12 bits per heavy atom. The third-order valence-corrected chi connectivity index (χ3v) is 3.14. The monoisotopic (exact) mass is 343 g/mol. The quantitative estimate of drug-likeness (QED) is 0.585. The predicted molar refractivity (Wildman–Crippen MR) is 90.0 cm³/mol. The molecule has 0 aliphatic heterocycles. The van der Waals surface area contributed by atoms with Gasteiger partial charge < -0.3 is 14.6 Å². The van der Waals surface area contributed by atoms with Gasteiger partial charge in [-0.2, -0.15) is 5.10 Å². The molecule has 0 saturated heterocycles. The number of carboxylic acids is 1. The molecular formula is C17H17N3O5. The fourth-order valence-corrected chi connectivity index (χ4v) is 1.83. The van der Waals surface area contributed by atoms with Crippen molar-refractivity contribution >= 4 is 18.1 Å². The second kappa shape index (κ2) is 8.44. The number of amides is 1. The largest absolute Gasteiger partial charge is 0.493 e. The number of aromatic nitrogens is 1. The van der Waals surface area contributed by atoms with Crippen molar-refractivity contribution in [3.8, 4) is 11.5 Å². The highest BCUT2D eigenvalue weighted by Gasteiger charge is 2.15. The molecule has 2 aromatic rings. The van der Waals surface area contributed by atoms with Crippen LogP contribution in [0, 0.1) is 0 Å². The van der Waals surface area contributed by atoms with E-state index in [0.29, 0.717) is 22.6 Å². The van der Waals surface area contributed by atoms with Gasteiger partial charge in [-0.25, -0.2) is 10.2 Å². The van der Waals surface area contributed by atoms with Crippen LogP contribution in [0.15, 0.2) is 47.8 Å². The van der Waals surface area contributed by atoms with Crippen molar-refractivity contribution < 1.29 is 24.2 Å². The van der Waals surface area contributed by atoms with Crippen LogP contribution in [-0.4, -0.2) is 41.4 Å². The lowest BCUT2D eigenvalue weighted by molar-refractivity contribution is -0.144. The molecule has 1 amide bonds. The highest BCUT2D eigenvalue weighted by Crippen LogP contribution is 2.28. The fraction of sp³-hybridized carbons (Fsp3) is 0.176. The number of hydrogen-bond donors (Lipinski definition) is 2. The third kappa shape index (κ3) is 5.03. The first-order valence-electron chi connectivity index (χ1n) is 7.32. The molecule has 1 atom stereocenters. The molecule has 2 rings (SSSR count). The van der Waals surface area contributed by atoms with Gasteiger partial charge in [0.2, 0.25) is 0 Å². The van der Waals surface area contributed by atoms with Crippen molar-refractivity contribution in [1.29, 1.82) is 0 Å². The molecule has 0 spiro atoms. The summed E-state index contributed by atoms with van der Waals surface area (Å²) in [5.41, 5.74) is 3.42. The molecule has 0 bridgehead atoms. The van der Waals surface area contributed by atoms with Gasteiger partial charge in [0.05, 0.1) is 18.9 Å². The summed E-state index contributed by atoms with van der Waals surface area (Å²) in [5.74, 6) is -0.804. The molecule has 1 heterocycles. The predicted octanol–water partition coefficient (Wildman–Crippen LogP) is 1.71. The number of rotatable bonds is 7. The van der Waals surface area contributed by atoms with E-state index in [-0.39, 0.29) is 5.91 Å². The van der Waals surface area contributed by atoms with Gasteiger partial charge in [-0.05, 0) is 42.8 Å². The van der Waals surface area contributed by atoms with Crippen molar-refractivity contribution in [2.24, 2.45) is 5.10 Å². The van der Waals surface area contributed by atoms with Crippen molar-refractivity contribution in [2.75, 3.05) is 7.11 Å². The smallest absolute Gasteiger partial charge is 0.344 e. The highest BCUT2D eigenvalue weighted by molar-refractivity contribution is 5.94. The standard InChI is InChI=1S/C17H17N3O5/c1-11(17(22)23)25-14-6-5-12(8-15(14)24-2)9-19-20-16(21)13-4-3-7-18-10-13/h3-11H,1-2H3,(H,20,21)(H,22,23)/b19-9-/t11-/m1/s1. The van der Waals surface area contributed by atoms with E-state index in [1.54, 1.807) is 36.5 Å². The second-order valence-corrected chi connectivity index (χ2v) is 4.95.